The van der Waals surface area contributed by atoms with Gasteiger partial charge in [0.15, 0.2) is 11.6 Å². The molecule has 0 saturated carbocycles. The lowest BCUT2D eigenvalue weighted by molar-refractivity contribution is -0.116. The fraction of sp³-hybridized carbons (Fsp3) is 0.267. The first kappa shape index (κ1) is 12.6. The average molecular weight is 269 g/mol. The maximum atomic E-state index is 11.3. The first-order valence-electron chi connectivity index (χ1n) is 6.51. The predicted octanol–water partition coefficient (Wildman–Crippen LogP) is 1.93. The zero-order chi connectivity index (χ0) is 13.9. The molecule has 0 unspecified atom stereocenters. The van der Waals surface area contributed by atoms with Crippen molar-refractivity contribution >= 4 is 11.6 Å². The maximum absolute atomic E-state index is 11.3. The Morgan fingerprint density at radius 3 is 2.75 bits per heavy atom. The number of Topliss-reactive ketones (excluding diaryl/α,β-unsaturated/α-hetero) is 1. The summed E-state index contributed by atoms with van der Waals surface area (Å²) in [7, 11) is 1.64. The second-order valence-electron chi connectivity index (χ2n) is 4.72. The minimum absolute atomic E-state index is 0.253. The highest BCUT2D eigenvalue weighted by molar-refractivity contribution is 5.86. The van der Waals surface area contributed by atoms with E-state index in [0.29, 0.717) is 13.0 Å². The molecule has 0 amide bonds. The molecule has 1 aromatic carbocycles. The number of hydrogen-bond acceptors (Lipinski definition) is 5. The maximum Gasteiger partial charge on any atom is 0.153 e. The van der Waals surface area contributed by atoms with Gasteiger partial charge in [-0.1, -0.05) is 12.1 Å². The first-order chi connectivity index (χ1) is 9.76. The molecule has 5 nitrogen and oxygen atoms in total. The highest BCUT2D eigenvalue weighted by Gasteiger charge is 2.20. The number of ketones is 1. The molecule has 1 aliphatic heterocycles. The third-order valence-corrected chi connectivity index (χ3v) is 3.37. The van der Waals surface area contributed by atoms with E-state index >= 15 is 0 Å². The Labute approximate surface area is 117 Å². The van der Waals surface area contributed by atoms with Gasteiger partial charge in [-0.2, -0.15) is 0 Å². The summed E-state index contributed by atoms with van der Waals surface area (Å²) in [6, 6.07) is 11.5. The van der Waals surface area contributed by atoms with Crippen molar-refractivity contribution < 1.29 is 9.53 Å². The molecule has 0 bridgehead atoms. The third kappa shape index (κ3) is 2.47. The Bertz CT molecular complexity index is 625. The van der Waals surface area contributed by atoms with E-state index in [4.69, 9.17) is 4.74 Å². The van der Waals surface area contributed by atoms with Crippen molar-refractivity contribution in [3.8, 4) is 17.0 Å². The van der Waals surface area contributed by atoms with Gasteiger partial charge in [0.25, 0.3) is 0 Å². The molecule has 102 valence electrons. The molecule has 0 N–H and O–H groups in total. The minimum atomic E-state index is 0.253. The smallest absolute Gasteiger partial charge is 0.153 e. The molecule has 2 heterocycles. The summed E-state index contributed by atoms with van der Waals surface area (Å²) in [6.45, 7) is 1.17. The molecule has 5 heteroatoms. The number of benzene rings is 1. The van der Waals surface area contributed by atoms with Crippen LogP contribution in [0.4, 0.5) is 5.82 Å². The molecule has 20 heavy (non-hydrogen) atoms. The van der Waals surface area contributed by atoms with Crippen LogP contribution in [0.2, 0.25) is 0 Å². The van der Waals surface area contributed by atoms with Crippen LogP contribution in [0.1, 0.15) is 6.42 Å². The molecule has 3 rings (SSSR count). The SMILES string of the molecule is COc1cccc(-c2ccc(N3CCC(=O)C3)nn2)c1. The van der Waals surface area contributed by atoms with Gasteiger partial charge in [0.05, 0.1) is 19.3 Å². The van der Waals surface area contributed by atoms with Crippen molar-refractivity contribution in [1.29, 1.82) is 0 Å². The highest BCUT2D eigenvalue weighted by Crippen LogP contribution is 2.23. The molecule has 1 saturated heterocycles. The normalized spacial score (nSPS) is 14.7. The van der Waals surface area contributed by atoms with Crippen LogP contribution < -0.4 is 9.64 Å². The number of methoxy groups -OCH3 is 1. The monoisotopic (exact) mass is 269 g/mol. The van der Waals surface area contributed by atoms with Crippen LogP contribution in [0.15, 0.2) is 36.4 Å². The Kier molecular flexibility index (Phi) is 3.33. The van der Waals surface area contributed by atoms with Gasteiger partial charge in [-0.05, 0) is 24.3 Å². The lowest BCUT2D eigenvalue weighted by atomic mass is 10.1. The number of ether oxygens (including phenoxy) is 1. The quantitative estimate of drug-likeness (QED) is 0.852. The van der Waals surface area contributed by atoms with Crippen LogP contribution in [-0.4, -0.2) is 36.2 Å². The van der Waals surface area contributed by atoms with Crippen molar-refractivity contribution in [3.05, 3.63) is 36.4 Å². The fourth-order valence-electron chi connectivity index (χ4n) is 2.26. The minimum Gasteiger partial charge on any atom is -0.497 e. The van der Waals surface area contributed by atoms with Crippen molar-refractivity contribution in [2.75, 3.05) is 25.1 Å². The van der Waals surface area contributed by atoms with E-state index in [2.05, 4.69) is 10.2 Å². The topological polar surface area (TPSA) is 55.3 Å². The van der Waals surface area contributed by atoms with Gasteiger partial charge in [0, 0.05) is 18.5 Å². The van der Waals surface area contributed by atoms with Gasteiger partial charge >= 0.3 is 0 Å². The summed E-state index contributed by atoms with van der Waals surface area (Å²) < 4.78 is 5.20. The molecule has 0 atom stereocenters. The van der Waals surface area contributed by atoms with Gasteiger partial charge < -0.3 is 9.64 Å². The lowest BCUT2D eigenvalue weighted by Crippen LogP contribution is -2.21. The van der Waals surface area contributed by atoms with Gasteiger partial charge in [-0.3, -0.25) is 4.79 Å². The van der Waals surface area contributed by atoms with E-state index < -0.39 is 0 Å². The molecule has 1 aromatic heterocycles. The van der Waals surface area contributed by atoms with Crippen molar-refractivity contribution in [3.63, 3.8) is 0 Å². The molecule has 2 aromatic rings. The zero-order valence-corrected chi connectivity index (χ0v) is 11.2. The van der Waals surface area contributed by atoms with Crippen molar-refractivity contribution in [1.82, 2.24) is 10.2 Å². The van der Waals surface area contributed by atoms with Crippen LogP contribution in [0.25, 0.3) is 11.3 Å². The molecular formula is C15H15N3O2. The Hall–Kier alpha value is -2.43. The Morgan fingerprint density at radius 1 is 1.20 bits per heavy atom. The van der Waals surface area contributed by atoms with E-state index in [1.54, 1.807) is 7.11 Å². The number of carbonyl (C=O) groups excluding carboxylic acids is 1. The second kappa shape index (κ2) is 5.28. The van der Waals surface area contributed by atoms with E-state index in [1.807, 2.05) is 41.3 Å². The number of aromatic nitrogens is 2. The van der Waals surface area contributed by atoms with Crippen LogP contribution in [0.3, 0.4) is 0 Å². The molecule has 1 aliphatic rings. The number of anilines is 1. The second-order valence-corrected chi connectivity index (χ2v) is 4.72. The standard InChI is InChI=1S/C15H15N3O2/c1-20-13-4-2-3-11(9-13)14-5-6-15(17-16-14)18-8-7-12(19)10-18/h2-6,9H,7-8,10H2,1H3. The molecule has 1 fully saturated rings. The summed E-state index contributed by atoms with van der Waals surface area (Å²) in [5, 5.41) is 8.45. The number of rotatable bonds is 3. The highest BCUT2D eigenvalue weighted by atomic mass is 16.5. The molecular weight excluding hydrogens is 254 g/mol. The van der Waals surface area contributed by atoms with E-state index in [0.717, 1.165) is 29.4 Å². The summed E-state index contributed by atoms with van der Waals surface area (Å²) in [4.78, 5) is 13.2. The summed E-state index contributed by atoms with van der Waals surface area (Å²) in [5.41, 5.74) is 1.75. The van der Waals surface area contributed by atoms with Crippen molar-refractivity contribution in [2.45, 2.75) is 6.42 Å². The van der Waals surface area contributed by atoms with E-state index in [9.17, 15) is 4.79 Å². The third-order valence-electron chi connectivity index (χ3n) is 3.37. The molecule has 0 aliphatic carbocycles. The Morgan fingerprint density at radius 2 is 2.10 bits per heavy atom. The largest absolute Gasteiger partial charge is 0.497 e. The molecule has 0 radical (unpaired) electrons. The summed E-state index contributed by atoms with van der Waals surface area (Å²) in [6.07, 6.45) is 0.597. The average Bonchev–Trinajstić information content (AvgIpc) is 2.94. The van der Waals surface area contributed by atoms with Gasteiger partial charge in [0.2, 0.25) is 0 Å². The Balaban J connectivity index is 1.83. The van der Waals surface area contributed by atoms with Crippen LogP contribution >= 0.6 is 0 Å². The van der Waals surface area contributed by atoms with Crippen LogP contribution in [0.5, 0.6) is 5.75 Å². The van der Waals surface area contributed by atoms with Crippen LogP contribution in [-0.2, 0) is 4.79 Å². The van der Waals surface area contributed by atoms with Gasteiger partial charge in [0.1, 0.15) is 5.75 Å². The van der Waals surface area contributed by atoms with Crippen LogP contribution in [0, 0.1) is 0 Å². The first-order valence-corrected chi connectivity index (χ1v) is 6.51. The van der Waals surface area contributed by atoms with Gasteiger partial charge in [-0.15, -0.1) is 10.2 Å². The lowest BCUT2D eigenvalue weighted by Gasteiger charge is -2.14. The number of carbonyl (C=O) groups is 1. The predicted molar refractivity (Wildman–Crippen MR) is 75.9 cm³/mol. The summed E-state index contributed by atoms with van der Waals surface area (Å²) in [5.74, 6) is 1.80. The number of nitrogens with zero attached hydrogens (tertiary/aromatic N) is 3. The van der Waals surface area contributed by atoms with Gasteiger partial charge in [-0.25, -0.2) is 0 Å². The number of hydrogen-bond donors (Lipinski definition) is 0. The van der Waals surface area contributed by atoms with Crippen molar-refractivity contribution in [2.24, 2.45) is 0 Å². The van der Waals surface area contributed by atoms with E-state index in [1.165, 1.54) is 0 Å². The molecule has 0 spiro atoms. The zero-order valence-electron chi connectivity index (χ0n) is 11.2. The fourth-order valence-corrected chi connectivity index (χ4v) is 2.26. The summed E-state index contributed by atoms with van der Waals surface area (Å²) >= 11 is 0. The van der Waals surface area contributed by atoms with E-state index in [-0.39, 0.29) is 5.78 Å².